The highest BCUT2D eigenvalue weighted by Crippen LogP contribution is 2.32. The summed E-state index contributed by atoms with van der Waals surface area (Å²) in [6.45, 7) is 2.05. The molecule has 1 saturated carbocycles. The Morgan fingerprint density at radius 2 is 1.94 bits per heavy atom. The minimum atomic E-state index is -4.77. The number of nitrogens with one attached hydrogen (secondary N) is 2. The molecular formula is C24H32F3N5O. The van der Waals surface area contributed by atoms with Crippen LogP contribution in [-0.2, 0) is 6.54 Å². The lowest BCUT2D eigenvalue weighted by Crippen LogP contribution is -2.63. The molecule has 2 aliphatic rings. The van der Waals surface area contributed by atoms with Crippen molar-refractivity contribution in [2.75, 3.05) is 0 Å². The van der Waals surface area contributed by atoms with Gasteiger partial charge in [0.05, 0.1) is 12.1 Å². The van der Waals surface area contributed by atoms with Crippen molar-refractivity contribution in [1.82, 2.24) is 10.6 Å². The summed E-state index contributed by atoms with van der Waals surface area (Å²) in [5.41, 5.74) is 13.0. The van der Waals surface area contributed by atoms with Gasteiger partial charge in [-0.25, -0.2) is 4.99 Å². The molecule has 9 heteroatoms. The van der Waals surface area contributed by atoms with Gasteiger partial charge in [-0.05, 0) is 50.5 Å². The van der Waals surface area contributed by atoms with E-state index in [1.165, 1.54) is 12.1 Å². The highest BCUT2D eigenvalue weighted by atomic mass is 19.4. The minimum Gasteiger partial charge on any atom is -0.405 e. The largest absolute Gasteiger partial charge is 0.573 e. The number of nitrogens with zero attached hydrogens (tertiary/aromatic N) is 1. The summed E-state index contributed by atoms with van der Waals surface area (Å²) in [4.78, 5) is 4.43. The van der Waals surface area contributed by atoms with Crippen molar-refractivity contribution in [3.63, 3.8) is 0 Å². The zero-order valence-electron chi connectivity index (χ0n) is 18.8. The van der Waals surface area contributed by atoms with E-state index >= 15 is 0 Å². The van der Waals surface area contributed by atoms with Gasteiger partial charge in [-0.15, -0.1) is 13.2 Å². The van der Waals surface area contributed by atoms with E-state index in [9.17, 15) is 13.2 Å². The Morgan fingerprint density at radius 3 is 2.64 bits per heavy atom. The Kier molecular flexibility index (Phi) is 8.27. The lowest BCUT2D eigenvalue weighted by molar-refractivity contribution is -0.274. The van der Waals surface area contributed by atoms with Gasteiger partial charge in [0.2, 0.25) is 0 Å². The van der Waals surface area contributed by atoms with Gasteiger partial charge in [-0.2, -0.15) is 0 Å². The van der Waals surface area contributed by atoms with Crippen LogP contribution in [0.2, 0.25) is 0 Å². The van der Waals surface area contributed by atoms with Gasteiger partial charge < -0.3 is 26.8 Å². The molecule has 1 unspecified atom stereocenters. The number of aliphatic imine (C=N–C) groups is 1. The first-order valence-electron chi connectivity index (χ1n) is 11.4. The van der Waals surface area contributed by atoms with Gasteiger partial charge >= 0.3 is 6.36 Å². The molecule has 0 radical (unpaired) electrons. The Labute approximate surface area is 193 Å². The SMILES string of the molecule is CCCC#CC1=CNC(=NCc2ccccc2OC(F)(F)F)NC1(N)CC1CCC(N)CC1. The van der Waals surface area contributed by atoms with Crippen molar-refractivity contribution < 1.29 is 17.9 Å². The van der Waals surface area contributed by atoms with Crippen LogP contribution in [0.25, 0.3) is 0 Å². The van der Waals surface area contributed by atoms with Crippen LogP contribution in [0.15, 0.2) is 41.0 Å². The van der Waals surface area contributed by atoms with Crippen molar-refractivity contribution in [1.29, 1.82) is 0 Å². The van der Waals surface area contributed by atoms with Crippen LogP contribution in [-0.4, -0.2) is 24.0 Å². The lowest BCUT2D eigenvalue weighted by Gasteiger charge is -2.39. The number of hydrogen-bond acceptors (Lipinski definition) is 4. The molecule has 0 aromatic heterocycles. The number of unbranched alkanes of at least 4 members (excludes halogenated alkanes) is 1. The molecule has 180 valence electrons. The summed E-state index contributed by atoms with van der Waals surface area (Å²) in [6, 6.07) is 6.19. The fourth-order valence-electron chi connectivity index (χ4n) is 4.13. The van der Waals surface area contributed by atoms with Crippen molar-refractivity contribution in [3.8, 4) is 17.6 Å². The number of ether oxygens (including phenoxy) is 1. The van der Waals surface area contributed by atoms with Crippen molar-refractivity contribution >= 4 is 5.96 Å². The molecule has 0 saturated heterocycles. The van der Waals surface area contributed by atoms with Gasteiger partial charge in [0.15, 0.2) is 5.96 Å². The third-order valence-electron chi connectivity index (χ3n) is 5.88. The van der Waals surface area contributed by atoms with Crippen molar-refractivity contribution in [2.45, 2.75) is 76.5 Å². The number of nitrogens with two attached hydrogens (primary N) is 2. The average Bonchev–Trinajstić information content (AvgIpc) is 2.75. The molecule has 1 aromatic rings. The monoisotopic (exact) mass is 463 g/mol. The third kappa shape index (κ3) is 7.41. The predicted octanol–water partition coefficient (Wildman–Crippen LogP) is 3.88. The Bertz CT molecular complexity index is 926. The zero-order valence-corrected chi connectivity index (χ0v) is 18.8. The van der Waals surface area contributed by atoms with E-state index < -0.39 is 12.0 Å². The summed E-state index contributed by atoms with van der Waals surface area (Å²) < 4.78 is 42.2. The number of alkyl halides is 3. The highest BCUT2D eigenvalue weighted by molar-refractivity contribution is 5.84. The maximum absolute atomic E-state index is 12.7. The minimum absolute atomic E-state index is 0.0133. The molecule has 0 bridgehead atoms. The molecule has 1 heterocycles. The first-order valence-corrected chi connectivity index (χ1v) is 11.4. The van der Waals surface area contributed by atoms with Crippen molar-refractivity contribution in [3.05, 3.63) is 41.6 Å². The van der Waals surface area contributed by atoms with Crippen LogP contribution >= 0.6 is 0 Å². The van der Waals surface area contributed by atoms with E-state index in [1.54, 1.807) is 18.3 Å². The van der Waals surface area contributed by atoms with E-state index in [2.05, 4.69) is 39.1 Å². The fraction of sp³-hybridized carbons (Fsp3) is 0.542. The standard InChI is InChI=1S/C24H32F3N5O/c1-2-3-4-8-19-16-31-22(32-23(19,29)14-17-10-12-20(28)13-11-17)30-15-18-7-5-6-9-21(18)33-24(25,26)27/h5-7,9,16-17,20H,2-3,10-15,28-29H2,1H3,(H2,30,31,32). The number of guanidine groups is 1. The van der Waals surface area contributed by atoms with Crippen LogP contribution in [0.1, 0.15) is 57.4 Å². The van der Waals surface area contributed by atoms with Crippen LogP contribution in [0.4, 0.5) is 13.2 Å². The molecule has 1 atom stereocenters. The molecule has 1 aliphatic carbocycles. The van der Waals surface area contributed by atoms with E-state index in [4.69, 9.17) is 11.5 Å². The average molecular weight is 464 g/mol. The number of hydrogen-bond donors (Lipinski definition) is 4. The van der Waals surface area contributed by atoms with Crippen LogP contribution in [0.5, 0.6) is 5.75 Å². The number of para-hydroxylation sites is 1. The number of rotatable bonds is 6. The molecule has 1 fully saturated rings. The lowest BCUT2D eigenvalue weighted by atomic mass is 9.79. The molecular weight excluding hydrogens is 431 g/mol. The van der Waals surface area contributed by atoms with Crippen molar-refractivity contribution in [2.24, 2.45) is 22.4 Å². The second-order valence-electron chi connectivity index (χ2n) is 8.66. The van der Waals surface area contributed by atoms with E-state index in [1.807, 2.05) is 0 Å². The summed E-state index contributed by atoms with van der Waals surface area (Å²) >= 11 is 0. The summed E-state index contributed by atoms with van der Waals surface area (Å²) in [7, 11) is 0. The topological polar surface area (TPSA) is 97.7 Å². The quantitative estimate of drug-likeness (QED) is 0.480. The molecule has 3 rings (SSSR count). The normalized spacial score (nSPS) is 26.5. The van der Waals surface area contributed by atoms with E-state index in [0.29, 0.717) is 23.9 Å². The molecule has 0 spiro atoms. The highest BCUT2D eigenvalue weighted by Gasteiger charge is 2.37. The van der Waals surface area contributed by atoms with Crippen LogP contribution in [0, 0.1) is 17.8 Å². The van der Waals surface area contributed by atoms with Crippen LogP contribution in [0.3, 0.4) is 0 Å². The molecule has 1 aliphatic heterocycles. The second kappa shape index (κ2) is 10.9. The van der Waals surface area contributed by atoms with Crippen LogP contribution < -0.4 is 26.8 Å². The van der Waals surface area contributed by atoms with Gasteiger partial charge in [0.1, 0.15) is 11.4 Å². The molecule has 6 nitrogen and oxygen atoms in total. The van der Waals surface area contributed by atoms with E-state index in [-0.39, 0.29) is 18.3 Å². The van der Waals surface area contributed by atoms with E-state index in [0.717, 1.165) is 44.1 Å². The molecule has 0 amide bonds. The Morgan fingerprint density at radius 1 is 1.21 bits per heavy atom. The summed E-state index contributed by atoms with van der Waals surface area (Å²) in [5, 5.41) is 6.30. The fourth-order valence-corrected chi connectivity index (χ4v) is 4.13. The van der Waals surface area contributed by atoms with Gasteiger partial charge in [-0.3, -0.25) is 0 Å². The first-order chi connectivity index (χ1) is 15.7. The second-order valence-corrected chi connectivity index (χ2v) is 8.66. The number of benzene rings is 1. The maximum Gasteiger partial charge on any atom is 0.573 e. The summed E-state index contributed by atoms with van der Waals surface area (Å²) in [6.07, 6.45) is 3.29. The first kappa shape index (κ1) is 24.9. The smallest absolute Gasteiger partial charge is 0.405 e. The number of halogens is 3. The Balaban J connectivity index is 1.78. The maximum atomic E-state index is 12.7. The van der Waals surface area contributed by atoms with Gasteiger partial charge in [-0.1, -0.05) is 37.0 Å². The summed E-state index contributed by atoms with van der Waals surface area (Å²) in [5.74, 6) is 6.83. The molecule has 1 aromatic carbocycles. The van der Waals surface area contributed by atoms with Gasteiger partial charge in [0, 0.05) is 24.2 Å². The Hall–Kier alpha value is -2.70. The zero-order chi connectivity index (χ0) is 23.9. The van der Waals surface area contributed by atoms with Gasteiger partial charge in [0.25, 0.3) is 0 Å². The third-order valence-corrected chi connectivity index (χ3v) is 5.88. The molecule has 6 N–H and O–H groups in total. The predicted molar refractivity (Wildman–Crippen MR) is 123 cm³/mol. The molecule has 33 heavy (non-hydrogen) atoms.